The third-order valence-corrected chi connectivity index (χ3v) is 5.85. The molecule has 1 spiro atoms. The van der Waals surface area contributed by atoms with Crippen molar-refractivity contribution in [3.8, 4) is 0 Å². The molecule has 0 N–H and O–H groups in total. The van der Waals surface area contributed by atoms with E-state index in [1.54, 1.807) is 5.56 Å². The van der Waals surface area contributed by atoms with Crippen LogP contribution in [0, 0.1) is 6.92 Å². The summed E-state index contributed by atoms with van der Waals surface area (Å²) in [5, 5.41) is 0. The molecule has 0 unspecified atom stereocenters. The van der Waals surface area contributed by atoms with Crippen molar-refractivity contribution in [3.63, 3.8) is 0 Å². The lowest BCUT2D eigenvalue weighted by molar-refractivity contribution is 0.293. The first-order valence-electron chi connectivity index (χ1n) is 7.82. The van der Waals surface area contributed by atoms with Crippen LogP contribution in [0.15, 0.2) is 40.9 Å². The minimum Gasteiger partial charge on any atom is -0.0837 e. The number of allylic oxidation sites excluding steroid dienone is 4. The largest absolute Gasteiger partial charge is 0.0837 e. The van der Waals surface area contributed by atoms with Gasteiger partial charge in [0, 0.05) is 4.47 Å². The van der Waals surface area contributed by atoms with Crippen LogP contribution in [0.25, 0.3) is 0 Å². The molecule has 1 saturated carbocycles. The van der Waals surface area contributed by atoms with Crippen molar-refractivity contribution in [2.45, 2.75) is 57.3 Å². The Labute approximate surface area is 131 Å². The molecule has 2 aliphatic rings. The van der Waals surface area contributed by atoms with E-state index in [-0.39, 0.29) is 0 Å². The van der Waals surface area contributed by atoms with Gasteiger partial charge in [-0.05, 0) is 60.8 Å². The van der Waals surface area contributed by atoms with E-state index in [1.165, 1.54) is 54.1 Å². The van der Waals surface area contributed by atoms with Crippen LogP contribution < -0.4 is 0 Å². The molecule has 0 aliphatic heterocycles. The highest BCUT2D eigenvalue weighted by molar-refractivity contribution is 9.10. The second-order valence-electron chi connectivity index (χ2n) is 6.36. The summed E-state index contributed by atoms with van der Waals surface area (Å²) in [6.45, 7) is 2.20. The standard InChI is InChI=1S/C19H23Br/c1-15-13-16-9-5-2-3-6-10-19(11-7-4-8-12-19)17(16)14-18(15)20/h2-3,5-6,13-14H,4,7-12H2,1H3/b5-2-,6-3-. The molecule has 1 heteroatoms. The number of halogens is 1. The van der Waals surface area contributed by atoms with Gasteiger partial charge in [0.2, 0.25) is 0 Å². The van der Waals surface area contributed by atoms with Crippen molar-refractivity contribution in [2.75, 3.05) is 0 Å². The van der Waals surface area contributed by atoms with Crippen molar-refractivity contribution in [1.29, 1.82) is 0 Å². The van der Waals surface area contributed by atoms with Crippen LogP contribution in [0.5, 0.6) is 0 Å². The third-order valence-electron chi connectivity index (χ3n) is 5.00. The smallest absolute Gasteiger partial charge is 0.0207 e. The first kappa shape index (κ1) is 14.1. The normalized spacial score (nSPS) is 24.3. The van der Waals surface area contributed by atoms with E-state index in [2.05, 4.69) is 59.3 Å². The minimum absolute atomic E-state index is 0.381. The molecule has 2 aliphatic carbocycles. The Balaban J connectivity index is 2.14. The summed E-state index contributed by atoms with van der Waals surface area (Å²) < 4.78 is 1.27. The SMILES string of the molecule is Cc1cc2c(cc1Br)C1(C/C=C\C=C/C2)CCCCC1. The maximum Gasteiger partial charge on any atom is 0.0207 e. The summed E-state index contributed by atoms with van der Waals surface area (Å²) >= 11 is 3.75. The van der Waals surface area contributed by atoms with E-state index >= 15 is 0 Å². The van der Waals surface area contributed by atoms with Crippen molar-refractivity contribution < 1.29 is 0 Å². The zero-order chi connectivity index (χ0) is 14.0. The molecule has 0 saturated heterocycles. The van der Waals surface area contributed by atoms with E-state index in [0.29, 0.717) is 5.41 Å². The quantitative estimate of drug-likeness (QED) is 0.545. The predicted molar refractivity (Wildman–Crippen MR) is 90.2 cm³/mol. The van der Waals surface area contributed by atoms with E-state index in [1.807, 2.05) is 0 Å². The minimum atomic E-state index is 0.381. The molecule has 1 aromatic rings. The van der Waals surface area contributed by atoms with Gasteiger partial charge in [-0.2, -0.15) is 0 Å². The lowest BCUT2D eigenvalue weighted by Gasteiger charge is -2.39. The number of hydrogen-bond donors (Lipinski definition) is 0. The number of fused-ring (bicyclic) bond motifs is 2. The molecule has 0 aromatic heterocycles. The Morgan fingerprint density at radius 3 is 2.55 bits per heavy atom. The monoisotopic (exact) mass is 330 g/mol. The molecular weight excluding hydrogens is 308 g/mol. The van der Waals surface area contributed by atoms with Crippen molar-refractivity contribution in [2.24, 2.45) is 0 Å². The summed E-state index contributed by atoms with van der Waals surface area (Å²) in [4.78, 5) is 0. The highest BCUT2D eigenvalue weighted by Gasteiger charge is 2.34. The van der Waals surface area contributed by atoms with Gasteiger partial charge < -0.3 is 0 Å². The molecule has 1 aromatic carbocycles. The highest BCUT2D eigenvalue weighted by Crippen LogP contribution is 2.45. The Bertz CT molecular complexity index is 545. The second-order valence-corrected chi connectivity index (χ2v) is 7.22. The Morgan fingerprint density at radius 1 is 1.00 bits per heavy atom. The van der Waals surface area contributed by atoms with Gasteiger partial charge in [-0.1, -0.05) is 65.6 Å². The summed E-state index contributed by atoms with van der Waals surface area (Å²) in [6.07, 6.45) is 18.3. The fourth-order valence-electron chi connectivity index (χ4n) is 3.86. The molecule has 0 nitrogen and oxygen atoms in total. The molecule has 0 radical (unpaired) electrons. The third kappa shape index (κ3) is 2.65. The molecule has 0 heterocycles. The van der Waals surface area contributed by atoms with Gasteiger partial charge >= 0.3 is 0 Å². The van der Waals surface area contributed by atoms with Crippen LogP contribution in [-0.2, 0) is 11.8 Å². The zero-order valence-electron chi connectivity index (χ0n) is 12.3. The van der Waals surface area contributed by atoms with Gasteiger partial charge in [0.1, 0.15) is 0 Å². The van der Waals surface area contributed by atoms with Crippen molar-refractivity contribution in [1.82, 2.24) is 0 Å². The lowest BCUT2D eigenvalue weighted by atomic mass is 9.66. The van der Waals surface area contributed by atoms with Gasteiger partial charge in [-0.25, -0.2) is 0 Å². The first-order chi connectivity index (χ1) is 9.71. The van der Waals surface area contributed by atoms with E-state index in [0.717, 1.165) is 6.42 Å². The maximum absolute atomic E-state index is 3.75. The van der Waals surface area contributed by atoms with Crippen LogP contribution in [0.3, 0.4) is 0 Å². The molecule has 0 bridgehead atoms. The number of rotatable bonds is 0. The molecule has 1 fully saturated rings. The van der Waals surface area contributed by atoms with Crippen LogP contribution in [-0.4, -0.2) is 0 Å². The fourth-order valence-corrected chi connectivity index (χ4v) is 4.20. The summed E-state index contributed by atoms with van der Waals surface area (Å²) in [7, 11) is 0. The fraction of sp³-hybridized carbons (Fsp3) is 0.474. The first-order valence-corrected chi connectivity index (χ1v) is 8.62. The Hall–Kier alpha value is -0.820. The topological polar surface area (TPSA) is 0 Å². The van der Waals surface area contributed by atoms with Gasteiger partial charge in [0.15, 0.2) is 0 Å². The van der Waals surface area contributed by atoms with E-state index in [9.17, 15) is 0 Å². The second kappa shape index (κ2) is 5.89. The van der Waals surface area contributed by atoms with E-state index in [4.69, 9.17) is 0 Å². The molecule has 106 valence electrons. The summed E-state index contributed by atoms with van der Waals surface area (Å²) in [6, 6.07) is 4.81. The van der Waals surface area contributed by atoms with Gasteiger partial charge in [0.25, 0.3) is 0 Å². The van der Waals surface area contributed by atoms with Crippen LogP contribution in [0.4, 0.5) is 0 Å². The molecule has 0 atom stereocenters. The average molecular weight is 331 g/mol. The van der Waals surface area contributed by atoms with Crippen LogP contribution in [0.2, 0.25) is 0 Å². The van der Waals surface area contributed by atoms with Crippen molar-refractivity contribution in [3.05, 3.63) is 57.6 Å². The number of hydrogen-bond acceptors (Lipinski definition) is 0. The molecular formula is C19H23Br. The van der Waals surface area contributed by atoms with E-state index < -0.39 is 0 Å². The van der Waals surface area contributed by atoms with Crippen LogP contribution in [0.1, 0.15) is 55.2 Å². The maximum atomic E-state index is 3.75. The molecule has 20 heavy (non-hydrogen) atoms. The predicted octanol–water partition coefficient (Wildman–Crippen LogP) is 6.02. The van der Waals surface area contributed by atoms with Gasteiger partial charge in [-0.15, -0.1) is 0 Å². The molecule has 3 rings (SSSR count). The summed E-state index contributed by atoms with van der Waals surface area (Å²) in [5.74, 6) is 0. The average Bonchev–Trinajstić information content (AvgIpc) is 2.53. The van der Waals surface area contributed by atoms with Gasteiger partial charge in [-0.3, -0.25) is 0 Å². The highest BCUT2D eigenvalue weighted by atomic mass is 79.9. The number of benzene rings is 1. The molecule has 0 amide bonds. The lowest BCUT2D eigenvalue weighted by Crippen LogP contribution is -2.29. The van der Waals surface area contributed by atoms with Crippen molar-refractivity contribution >= 4 is 15.9 Å². The van der Waals surface area contributed by atoms with Crippen LogP contribution >= 0.6 is 15.9 Å². The van der Waals surface area contributed by atoms with Gasteiger partial charge in [0.05, 0.1) is 0 Å². The summed E-state index contributed by atoms with van der Waals surface area (Å²) in [5.41, 5.74) is 4.88. The Kier molecular flexibility index (Phi) is 4.16. The number of aryl methyl sites for hydroxylation is 1. The Morgan fingerprint density at radius 2 is 1.75 bits per heavy atom. The zero-order valence-corrected chi connectivity index (χ0v) is 13.9.